The van der Waals surface area contributed by atoms with Gasteiger partial charge in [-0.25, -0.2) is 9.36 Å². The highest BCUT2D eigenvalue weighted by molar-refractivity contribution is 8.03. The van der Waals surface area contributed by atoms with Gasteiger partial charge in [0, 0.05) is 36.0 Å². The fourth-order valence-electron chi connectivity index (χ4n) is 6.64. The van der Waals surface area contributed by atoms with E-state index in [1.165, 1.54) is 55.4 Å². The first-order valence-corrected chi connectivity index (χ1v) is 17.5. The molecule has 0 N–H and O–H groups in total. The van der Waals surface area contributed by atoms with Crippen LogP contribution in [0.4, 0.5) is 15.9 Å². The number of carbonyl (C=O) groups is 1. The molecule has 2 aliphatic rings. The Kier molecular flexibility index (Phi) is 10.6. The number of para-hydroxylation sites is 2. The molecule has 4 aromatic rings. The maximum atomic E-state index is 13.0. The van der Waals surface area contributed by atoms with Crippen molar-refractivity contribution in [3.63, 3.8) is 0 Å². The normalized spacial score (nSPS) is 14.6. The Morgan fingerprint density at radius 1 is 1.04 bits per heavy atom. The molecule has 6 nitrogen and oxygen atoms in total. The van der Waals surface area contributed by atoms with Crippen molar-refractivity contribution in [1.29, 1.82) is 0 Å². The number of halogens is 1. The number of anilines is 2. The zero-order valence-corrected chi connectivity index (χ0v) is 28.3. The van der Waals surface area contributed by atoms with E-state index in [4.69, 9.17) is 4.74 Å². The van der Waals surface area contributed by atoms with E-state index in [9.17, 15) is 9.18 Å². The monoisotopic (exact) mass is 651 g/mol. The van der Waals surface area contributed by atoms with Gasteiger partial charge in [-0.1, -0.05) is 85.9 Å². The Labute approximate surface area is 282 Å². The van der Waals surface area contributed by atoms with Gasteiger partial charge in [-0.15, -0.1) is 0 Å². The SMILES string of the molecule is C=C(F)C(=O)OCCN(C)CCCN(CCC)c1cc(C=C2Sc3cccc4c3N2CCC4)c2ccccc2[n+]1Cc1ccccc1. The van der Waals surface area contributed by atoms with Crippen LogP contribution in [0.15, 0.2) is 101 Å². The van der Waals surface area contributed by atoms with Crippen LogP contribution in [0.5, 0.6) is 0 Å². The summed E-state index contributed by atoms with van der Waals surface area (Å²) in [6, 6.07) is 28.6. The van der Waals surface area contributed by atoms with Crippen molar-refractivity contribution in [2.24, 2.45) is 0 Å². The molecule has 1 aromatic heterocycles. The van der Waals surface area contributed by atoms with Crippen molar-refractivity contribution in [2.45, 2.75) is 44.0 Å². The number of ether oxygens (including phenoxy) is 1. The van der Waals surface area contributed by atoms with Crippen molar-refractivity contribution in [1.82, 2.24) is 4.90 Å². The van der Waals surface area contributed by atoms with Gasteiger partial charge in [0.1, 0.15) is 18.7 Å². The highest BCUT2D eigenvalue weighted by Crippen LogP contribution is 2.50. The number of aromatic nitrogens is 1. The van der Waals surface area contributed by atoms with E-state index >= 15 is 0 Å². The lowest BCUT2D eigenvalue weighted by Crippen LogP contribution is -2.44. The predicted octanol–water partition coefficient (Wildman–Crippen LogP) is 7.60. The molecule has 0 radical (unpaired) electrons. The zero-order valence-electron chi connectivity index (χ0n) is 27.5. The Hall–Kier alpha value is -4.14. The minimum atomic E-state index is -1.06. The molecule has 2 aliphatic heterocycles. The lowest BCUT2D eigenvalue weighted by Gasteiger charge is -2.27. The number of fused-ring (bicyclic) bond motifs is 1. The Morgan fingerprint density at radius 3 is 2.66 bits per heavy atom. The summed E-state index contributed by atoms with van der Waals surface area (Å²) < 4.78 is 20.4. The summed E-state index contributed by atoms with van der Waals surface area (Å²) >= 11 is 1.89. The molecule has 3 aromatic carbocycles. The fraction of sp³-hybridized carbons (Fsp3) is 0.333. The van der Waals surface area contributed by atoms with E-state index in [2.05, 4.69) is 118 Å². The average molecular weight is 652 g/mol. The molecule has 47 heavy (non-hydrogen) atoms. The molecule has 0 unspecified atom stereocenters. The lowest BCUT2D eigenvalue weighted by atomic mass is 10.0. The van der Waals surface area contributed by atoms with Crippen LogP contribution in [-0.4, -0.2) is 57.2 Å². The summed E-state index contributed by atoms with van der Waals surface area (Å²) in [5, 5.41) is 2.54. The van der Waals surface area contributed by atoms with Crippen molar-refractivity contribution < 1.29 is 18.5 Å². The number of esters is 1. The summed E-state index contributed by atoms with van der Waals surface area (Å²) in [6.07, 6.45) is 6.67. The van der Waals surface area contributed by atoms with E-state index in [0.717, 1.165) is 52.0 Å². The fourth-order valence-corrected chi connectivity index (χ4v) is 7.83. The summed E-state index contributed by atoms with van der Waals surface area (Å²) in [7, 11) is 2.00. The van der Waals surface area contributed by atoms with Crippen LogP contribution in [-0.2, 0) is 22.5 Å². The smallest absolute Gasteiger partial charge is 0.366 e. The maximum Gasteiger partial charge on any atom is 0.366 e. The number of aryl methyl sites for hydroxylation is 1. The Morgan fingerprint density at radius 2 is 1.85 bits per heavy atom. The number of carbonyl (C=O) groups excluding carboxylic acids is 1. The van der Waals surface area contributed by atoms with Crippen LogP contribution in [0.25, 0.3) is 17.0 Å². The predicted molar refractivity (Wildman–Crippen MR) is 191 cm³/mol. The molecule has 0 saturated carbocycles. The number of hydrogen-bond donors (Lipinski definition) is 0. The van der Waals surface area contributed by atoms with Crippen molar-refractivity contribution in [3.05, 3.63) is 113 Å². The topological polar surface area (TPSA) is 39.9 Å². The molecule has 0 bridgehead atoms. The summed E-state index contributed by atoms with van der Waals surface area (Å²) in [5.74, 6) is -0.842. The van der Waals surface area contributed by atoms with Crippen LogP contribution in [0.2, 0.25) is 0 Å². The molecular formula is C39H44FN4O2S+. The molecule has 8 heteroatoms. The van der Waals surface area contributed by atoms with Crippen LogP contribution < -0.4 is 14.4 Å². The molecule has 0 fully saturated rings. The molecular weight excluding hydrogens is 608 g/mol. The standard InChI is InChI=1S/C39H44FN4O2S/c1-4-20-42(22-12-21-41(3)24-25-46-39(45)29(2)40)36-26-32(27-37-43-23-11-16-31-15-10-19-35(47-37)38(31)43)33-17-8-9-18-34(33)44(36)28-30-13-6-5-7-14-30/h5-10,13-15,17-19,26-27H,2,4,11-12,16,20-25,28H2,1,3H3/q+1. The lowest BCUT2D eigenvalue weighted by molar-refractivity contribution is -0.649. The first-order valence-electron chi connectivity index (χ1n) is 16.7. The van der Waals surface area contributed by atoms with E-state index in [1.54, 1.807) is 0 Å². The first kappa shape index (κ1) is 32.8. The number of pyridine rings is 1. The second-order valence-corrected chi connectivity index (χ2v) is 13.4. The third-order valence-corrected chi connectivity index (χ3v) is 10.0. The minimum Gasteiger partial charge on any atom is -0.459 e. The molecule has 0 atom stereocenters. The maximum absolute atomic E-state index is 13.0. The van der Waals surface area contributed by atoms with E-state index in [1.807, 2.05) is 18.8 Å². The van der Waals surface area contributed by atoms with Crippen LogP contribution in [0, 0.1) is 0 Å². The third-order valence-electron chi connectivity index (χ3n) is 8.90. The average Bonchev–Trinajstić information content (AvgIpc) is 3.44. The van der Waals surface area contributed by atoms with Gasteiger partial charge < -0.3 is 14.5 Å². The van der Waals surface area contributed by atoms with E-state index in [0.29, 0.717) is 6.54 Å². The van der Waals surface area contributed by atoms with Gasteiger partial charge in [-0.05, 0) is 67.6 Å². The van der Waals surface area contributed by atoms with Crippen molar-refractivity contribution in [3.8, 4) is 0 Å². The molecule has 0 amide bonds. The quantitative estimate of drug-likeness (QED) is 0.0795. The molecule has 0 saturated heterocycles. The van der Waals surface area contributed by atoms with Gasteiger partial charge in [0.15, 0.2) is 0 Å². The number of thioether (sulfide) groups is 1. The number of likely N-dealkylation sites (N-methyl/N-ethyl adjacent to an activating group) is 1. The number of rotatable bonds is 14. The number of hydrogen-bond acceptors (Lipinski definition) is 6. The highest BCUT2D eigenvalue weighted by atomic mass is 32.2. The molecule has 0 spiro atoms. The summed E-state index contributed by atoms with van der Waals surface area (Å²) in [4.78, 5) is 20.0. The van der Waals surface area contributed by atoms with Crippen LogP contribution in [0.3, 0.4) is 0 Å². The van der Waals surface area contributed by atoms with Crippen LogP contribution in [0.1, 0.15) is 42.9 Å². The van der Waals surface area contributed by atoms with E-state index < -0.39 is 11.8 Å². The Balaban J connectivity index is 1.33. The van der Waals surface area contributed by atoms with Gasteiger partial charge in [0.25, 0.3) is 5.82 Å². The number of nitrogens with zero attached hydrogens (tertiary/aromatic N) is 4. The van der Waals surface area contributed by atoms with Gasteiger partial charge in [-0.2, -0.15) is 4.39 Å². The van der Waals surface area contributed by atoms with Gasteiger partial charge >= 0.3 is 5.97 Å². The molecule has 244 valence electrons. The first-order chi connectivity index (χ1) is 22.9. The van der Waals surface area contributed by atoms with Crippen molar-refractivity contribution in [2.75, 3.05) is 56.2 Å². The molecule has 6 rings (SSSR count). The highest BCUT2D eigenvalue weighted by Gasteiger charge is 2.31. The second kappa shape index (κ2) is 15.2. The largest absolute Gasteiger partial charge is 0.459 e. The van der Waals surface area contributed by atoms with Gasteiger partial charge in [0.2, 0.25) is 5.83 Å². The van der Waals surface area contributed by atoms with E-state index in [-0.39, 0.29) is 6.61 Å². The van der Waals surface area contributed by atoms with Gasteiger partial charge in [-0.3, -0.25) is 4.90 Å². The van der Waals surface area contributed by atoms with Gasteiger partial charge in [0.05, 0.1) is 23.8 Å². The minimum absolute atomic E-state index is 0.136. The van der Waals surface area contributed by atoms with Crippen molar-refractivity contribution >= 4 is 46.2 Å². The summed E-state index contributed by atoms with van der Waals surface area (Å²) in [5.41, 5.74) is 6.57. The Bertz CT molecular complexity index is 1780. The number of benzene rings is 3. The third kappa shape index (κ3) is 7.55. The zero-order chi connectivity index (χ0) is 32.8. The molecule has 3 heterocycles. The summed E-state index contributed by atoms with van der Waals surface area (Å²) in [6.45, 7) is 10.4. The van der Waals surface area contributed by atoms with Crippen LogP contribution >= 0.6 is 11.8 Å². The molecule has 0 aliphatic carbocycles. The second-order valence-electron chi connectivity index (χ2n) is 12.3.